The number of carboxylic acid groups (broad SMARTS) is 1. The highest BCUT2D eigenvalue weighted by Crippen LogP contribution is 2.17. The fourth-order valence-electron chi connectivity index (χ4n) is 3.04. The number of piperidine rings is 1. The number of thiophene rings is 1. The zero-order chi connectivity index (χ0) is 19.6. The van der Waals surface area contributed by atoms with Crippen molar-refractivity contribution in [2.45, 2.75) is 19.4 Å². The standard InChI is InChI=1S/C17H20N4O5S/c1-19(8-14(23)20-5-2-11(3-6-20)17(25)26)13(22)9-21-10-18-15-12(16(21)24)4-7-27-15/h4,7,10-11H,2-3,5-6,8-9H2,1H3,(H,25,26). The first-order valence-corrected chi connectivity index (χ1v) is 9.42. The van der Waals surface area contributed by atoms with Crippen LogP contribution in [0.1, 0.15) is 12.8 Å². The Hall–Kier alpha value is -2.75. The predicted octanol–water partition coefficient (Wildman–Crippen LogP) is 0.240. The monoisotopic (exact) mass is 392 g/mol. The highest BCUT2D eigenvalue weighted by molar-refractivity contribution is 7.16. The number of amides is 2. The summed E-state index contributed by atoms with van der Waals surface area (Å²) in [7, 11) is 1.51. The summed E-state index contributed by atoms with van der Waals surface area (Å²) in [6.45, 7) is 0.438. The van der Waals surface area contributed by atoms with Crippen molar-refractivity contribution >= 4 is 39.3 Å². The number of carbonyl (C=O) groups excluding carboxylic acids is 2. The van der Waals surface area contributed by atoms with Gasteiger partial charge in [0.2, 0.25) is 11.8 Å². The normalized spacial score (nSPS) is 15.1. The van der Waals surface area contributed by atoms with Crippen LogP contribution in [0.2, 0.25) is 0 Å². The van der Waals surface area contributed by atoms with Crippen molar-refractivity contribution in [1.29, 1.82) is 0 Å². The number of fused-ring (bicyclic) bond motifs is 1. The van der Waals surface area contributed by atoms with Crippen molar-refractivity contribution < 1.29 is 19.5 Å². The smallest absolute Gasteiger partial charge is 0.306 e. The van der Waals surface area contributed by atoms with Crippen LogP contribution in [0.4, 0.5) is 0 Å². The molecule has 1 fully saturated rings. The third-order valence-corrected chi connectivity index (χ3v) is 5.57. The largest absolute Gasteiger partial charge is 0.481 e. The molecule has 10 heteroatoms. The molecule has 9 nitrogen and oxygen atoms in total. The molecule has 2 aromatic heterocycles. The number of nitrogens with zero attached hydrogens (tertiary/aromatic N) is 4. The molecule has 1 saturated heterocycles. The second-order valence-corrected chi connectivity index (χ2v) is 7.45. The molecule has 0 aliphatic carbocycles. The van der Waals surface area contributed by atoms with Gasteiger partial charge in [0.25, 0.3) is 5.56 Å². The molecule has 1 aliphatic rings. The van der Waals surface area contributed by atoms with Crippen molar-refractivity contribution in [3.63, 3.8) is 0 Å². The van der Waals surface area contributed by atoms with Crippen LogP contribution in [0.5, 0.6) is 0 Å². The number of carboxylic acids is 1. The van der Waals surface area contributed by atoms with Gasteiger partial charge in [-0.2, -0.15) is 0 Å². The van der Waals surface area contributed by atoms with Crippen molar-refractivity contribution in [1.82, 2.24) is 19.4 Å². The van der Waals surface area contributed by atoms with Crippen LogP contribution in [0.3, 0.4) is 0 Å². The molecular weight excluding hydrogens is 372 g/mol. The van der Waals surface area contributed by atoms with Gasteiger partial charge in [0, 0.05) is 20.1 Å². The maximum Gasteiger partial charge on any atom is 0.306 e. The summed E-state index contributed by atoms with van der Waals surface area (Å²) in [6.07, 6.45) is 2.17. The third kappa shape index (κ3) is 4.16. The van der Waals surface area contributed by atoms with E-state index >= 15 is 0 Å². The van der Waals surface area contributed by atoms with E-state index in [-0.39, 0.29) is 30.5 Å². The first kappa shape index (κ1) is 19.0. The molecule has 3 rings (SSSR count). The molecule has 0 saturated carbocycles. The summed E-state index contributed by atoms with van der Waals surface area (Å²) >= 11 is 1.35. The molecule has 0 aromatic carbocycles. The Morgan fingerprint density at radius 3 is 2.70 bits per heavy atom. The van der Waals surface area contributed by atoms with E-state index < -0.39 is 11.9 Å². The topological polar surface area (TPSA) is 113 Å². The summed E-state index contributed by atoms with van der Waals surface area (Å²) < 4.78 is 1.23. The maximum atomic E-state index is 12.4. The highest BCUT2D eigenvalue weighted by Gasteiger charge is 2.28. The second-order valence-electron chi connectivity index (χ2n) is 6.56. The van der Waals surface area contributed by atoms with Crippen LogP contribution in [0, 0.1) is 5.92 Å². The number of aliphatic carboxylic acids is 1. The van der Waals surface area contributed by atoms with E-state index in [1.54, 1.807) is 16.3 Å². The minimum Gasteiger partial charge on any atom is -0.481 e. The lowest BCUT2D eigenvalue weighted by Crippen LogP contribution is -2.46. The molecule has 3 heterocycles. The zero-order valence-electron chi connectivity index (χ0n) is 14.8. The van der Waals surface area contributed by atoms with Gasteiger partial charge in [-0.25, -0.2) is 4.98 Å². The summed E-state index contributed by atoms with van der Waals surface area (Å²) in [5, 5.41) is 11.2. The molecule has 2 aromatic rings. The molecule has 144 valence electrons. The van der Waals surface area contributed by atoms with Crippen LogP contribution in [-0.2, 0) is 20.9 Å². The lowest BCUT2D eigenvalue weighted by atomic mass is 9.97. The van der Waals surface area contributed by atoms with Gasteiger partial charge in [-0.3, -0.25) is 23.7 Å². The molecule has 27 heavy (non-hydrogen) atoms. The van der Waals surface area contributed by atoms with Crippen molar-refractivity contribution in [2.24, 2.45) is 5.92 Å². The Morgan fingerprint density at radius 1 is 1.33 bits per heavy atom. The van der Waals surface area contributed by atoms with Crippen LogP contribution in [0.25, 0.3) is 10.2 Å². The zero-order valence-corrected chi connectivity index (χ0v) is 15.6. The average Bonchev–Trinajstić information content (AvgIpc) is 3.13. The molecular formula is C17H20N4O5S. The van der Waals surface area contributed by atoms with E-state index in [9.17, 15) is 19.2 Å². The summed E-state index contributed by atoms with van der Waals surface area (Å²) in [4.78, 5) is 55.7. The number of likely N-dealkylation sites (tertiary alicyclic amines) is 1. The minimum atomic E-state index is -0.837. The minimum absolute atomic E-state index is 0.112. The van der Waals surface area contributed by atoms with Gasteiger partial charge < -0.3 is 14.9 Å². The molecule has 2 amide bonds. The number of likely N-dealkylation sites (N-methyl/N-ethyl adjacent to an activating group) is 1. The summed E-state index contributed by atoms with van der Waals surface area (Å²) in [5.74, 6) is -1.86. The fourth-order valence-corrected chi connectivity index (χ4v) is 3.76. The third-order valence-electron chi connectivity index (χ3n) is 4.75. The highest BCUT2D eigenvalue weighted by atomic mass is 32.1. The summed E-state index contributed by atoms with van der Waals surface area (Å²) in [6, 6.07) is 1.67. The van der Waals surface area contributed by atoms with Gasteiger partial charge in [-0.05, 0) is 24.3 Å². The number of aromatic nitrogens is 2. The van der Waals surface area contributed by atoms with E-state index in [1.807, 2.05) is 0 Å². The predicted molar refractivity (Wildman–Crippen MR) is 98.5 cm³/mol. The molecule has 0 spiro atoms. The lowest BCUT2D eigenvalue weighted by Gasteiger charge is -2.31. The Balaban J connectivity index is 1.57. The van der Waals surface area contributed by atoms with E-state index in [1.165, 1.54) is 34.2 Å². The van der Waals surface area contributed by atoms with Crippen molar-refractivity contribution in [3.8, 4) is 0 Å². The Bertz CT molecular complexity index is 929. The van der Waals surface area contributed by atoms with Crippen LogP contribution in [-0.4, -0.2) is 68.9 Å². The van der Waals surface area contributed by atoms with Gasteiger partial charge in [0.05, 0.1) is 24.2 Å². The fraction of sp³-hybridized carbons (Fsp3) is 0.471. The Labute approximate surface area is 158 Å². The molecule has 0 unspecified atom stereocenters. The quantitative estimate of drug-likeness (QED) is 0.780. The van der Waals surface area contributed by atoms with Crippen molar-refractivity contribution in [3.05, 3.63) is 28.1 Å². The first-order valence-electron chi connectivity index (χ1n) is 8.54. The first-order chi connectivity index (χ1) is 12.9. The number of hydrogen-bond acceptors (Lipinski definition) is 6. The second kappa shape index (κ2) is 7.87. The van der Waals surface area contributed by atoms with Gasteiger partial charge in [-0.15, -0.1) is 11.3 Å². The van der Waals surface area contributed by atoms with E-state index in [0.29, 0.717) is 36.1 Å². The van der Waals surface area contributed by atoms with Crippen LogP contribution in [0.15, 0.2) is 22.6 Å². The molecule has 1 N–H and O–H groups in total. The number of rotatable bonds is 5. The molecule has 0 radical (unpaired) electrons. The van der Waals surface area contributed by atoms with E-state index in [4.69, 9.17) is 5.11 Å². The Kier molecular flexibility index (Phi) is 5.54. The molecule has 0 atom stereocenters. The molecule has 0 bridgehead atoms. The number of carbonyl (C=O) groups is 3. The van der Waals surface area contributed by atoms with Crippen LogP contribution >= 0.6 is 11.3 Å². The SMILES string of the molecule is CN(CC(=O)N1CCC(C(=O)O)CC1)C(=O)Cn1cnc2sccc2c1=O. The van der Waals surface area contributed by atoms with Crippen LogP contribution < -0.4 is 5.56 Å². The van der Waals surface area contributed by atoms with Gasteiger partial charge in [-0.1, -0.05) is 0 Å². The van der Waals surface area contributed by atoms with Gasteiger partial charge in [0.1, 0.15) is 11.4 Å². The van der Waals surface area contributed by atoms with Gasteiger partial charge in [0.15, 0.2) is 0 Å². The van der Waals surface area contributed by atoms with Gasteiger partial charge >= 0.3 is 5.97 Å². The maximum absolute atomic E-state index is 12.4. The average molecular weight is 392 g/mol. The van der Waals surface area contributed by atoms with E-state index in [0.717, 1.165) is 0 Å². The number of hydrogen-bond donors (Lipinski definition) is 1. The summed E-state index contributed by atoms with van der Waals surface area (Å²) in [5.41, 5.74) is -0.287. The van der Waals surface area contributed by atoms with E-state index in [2.05, 4.69) is 4.98 Å². The Morgan fingerprint density at radius 2 is 2.04 bits per heavy atom. The molecule has 1 aliphatic heterocycles. The van der Waals surface area contributed by atoms with Crippen molar-refractivity contribution in [2.75, 3.05) is 26.7 Å². The lowest BCUT2D eigenvalue weighted by molar-refractivity contribution is -0.146.